The van der Waals surface area contributed by atoms with E-state index in [9.17, 15) is 27.6 Å². The SMILES string of the molecule is C=CCN1C(=O)N[C@H](c2ccccc2C(F)(F)F)C2=C1CN([C@@H](C(=O)NCc1cccnc1)c1ccccc1)C2=O. The van der Waals surface area contributed by atoms with Gasteiger partial charge in [0.2, 0.25) is 5.91 Å². The van der Waals surface area contributed by atoms with Crippen LogP contribution in [0.2, 0.25) is 0 Å². The highest BCUT2D eigenvalue weighted by Gasteiger charge is 2.49. The van der Waals surface area contributed by atoms with Crippen molar-refractivity contribution in [3.63, 3.8) is 0 Å². The summed E-state index contributed by atoms with van der Waals surface area (Å²) in [5.41, 5.74) is 0.228. The summed E-state index contributed by atoms with van der Waals surface area (Å²) in [6, 6.07) is 13.8. The van der Waals surface area contributed by atoms with Crippen LogP contribution in [-0.2, 0) is 22.3 Å². The predicted molar refractivity (Wildman–Crippen MR) is 144 cm³/mol. The van der Waals surface area contributed by atoms with Crippen LogP contribution in [0.1, 0.15) is 34.3 Å². The van der Waals surface area contributed by atoms with E-state index in [4.69, 9.17) is 0 Å². The lowest BCUT2D eigenvalue weighted by atomic mass is 9.91. The first kappa shape index (κ1) is 27.6. The summed E-state index contributed by atoms with van der Waals surface area (Å²) in [5, 5.41) is 5.42. The van der Waals surface area contributed by atoms with Gasteiger partial charge in [-0.25, -0.2) is 4.79 Å². The van der Waals surface area contributed by atoms with Crippen molar-refractivity contribution < 1.29 is 27.6 Å². The molecule has 210 valence electrons. The van der Waals surface area contributed by atoms with Crippen LogP contribution in [-0.4, -0.2) is 45.7 Å². The van der Waals surface area contributed by atoms with Crippen molar-refractivity contribution in [3.05, 3.63) is 125 Å². The van der Waals surface area contributed by atoms with Crippen molar-refractivity contribution in [2.75, 3.05) is 13.1 Å². The second-order valence-electron chi connectivity index (χ2n) is 9.55. The van der Waals surface area contributed by atoms with Crippen LogP contribution < -0.4 is 10.6 Å². The fourth-order valence-electron chi connectivity index (χ4n) is 5.18. The minimum Gasteiger partial charge on any atom is -0.350 e. The van der Waals surface area contributed by atoms with Crippen LogP contribution in [0.25, 0.3) is 0 Å². The summed E-state index contributed by atoms with van der Waals surface area (Å²) in [4.78, 5) is 47.5. The first-order valence-electron chi connectivity index (χ1n) is 12.8. The lowest BCUT2D eigenvalue weighted by Crippen LogP contribution is -2.47. The molecule has 11 heteroatoms. The molecule has 0 unspecified atom stereocenters. The highest BCUT2D eigenvalue weighted by atomic mass is 19.4. The molecule has 0 saturated carbocycles. The molecule has 8 nitrogen and oxygen atoms in total. The van der Waals surface area contributed by atoms with Gasteiger partial charge >= 0.3 is 12.2 Å². The van der Waals surface area contributed by atoms with Crippen LogP contribution in [0.15, 0.2) is 103 Å². The number of carbonyl (C=O) groups excluding carboxylic acids is 3. The quantitative estimate of drug-likeness (QED) is 0.396. The summed E-state index contributed by atoms with van der Waals surface area (Å²) in [6.45, 7) is 3.67. The molecule has 41 heavy (non-hydrogen) atoms. The Morgan fingerprint density at radius 2 is 1.83 bits per heavy atom. The number of aromatic nitrogens is 1. The van der Waals surface area contributed by atoms with Crippen molar-refractivity contribution in [1.29, 1.82) is 0 Å². The average molecular weight is 562 g/mol. The highest BCUT2D eigenvalue weighted by molar-refractivity contribution is 6.04. The maximum Gasteiger partial charge on any atom is 0.416 e. The van der Waals surface area contributed by atoms with E-state index >= 15 is 0 Å². The topological polar surface area (TPSA) is 94.6 Å². The molecule has 2 aliphatic heterocycles. The molecule has 0 aliphatic carbocycles. The van der Waals surface area contributed by atoms with Crippen molar-refractivity contribution in [2.45, 2.75) is 24.8 Å². The van der Waals surface area contributed by atoms with E-state index in [1.165, 1.54) is 34.1 Å². The number of carbonyl (C=O) groups is 3. The molecule has 2 atom stereocenters. The molecule has 0 bridgehead atoms. The number of nitrogens with zero attached hydrogens (tertiary/aromatic N) is 3. The van der Waals surface area contributed by atoms with Gasteiger partial charge in [0.1, 0.15) is 6.04 Å². The van der Waals surface area contributed by atoms with Crippen LogP contribution in [0.3, 0.4) is 0 Å². The van der Waals surface area contributed by atoms with Gasteiger partial charge in [0.15, 0.2) is 0 Å². The Morgan fingerprint density at radius 3 is 2.51 bits per heavy atom. The Balaban J connectivity index is 1.56. The van der Waals surface area contributed by atoms with E-state index in [-0.39, 0.29) is 36.5 Å². The van der Waals surface area contributed by atoms with Gasteiger partial charge in [-0.15, -0.1) is 6.58 Å². The van der Waals surface area contributed by atoms with Gasteiger partial charge in [-0.1, -0.05) is 60.7 Å². The number of rotatable bonds is 8. The number of pyridine rings is 1. The number of benzene rings is 2. The van der Waals surface area contributed by atoms with Gasteiger partial charge in [-0.3, -0.25) is 19.5 Å². The second kappa shape index (κ2) is 11.3. The van der Waals surface area contributed by atoms with Crippen LogP contribution in [0.4, 0.5) is 18.0 Å². The van der Waals surface area contributed by atoms with Crippen LogP contribution in [0.5, 0.6) is 0 Å². The third kappa shape index (κ3) is 5.43. The van der Waals surface area contributed by atoms with E-state index in [1.54, 1.807) is 54.9 Å². The van der Waals surface area contributed by atoms with Gasteiger partial charge < -0.3 is 15.5 Å². The van der Waals surface area contributed by atoms with Crippen molar-refractivity contribution in [2.24, 2.45) is 0 Å². The highest BCUT2D eigenvalue weighted by Crippen LogP contribution is 2.43. The summed E-state index contributed by atoms with van der Waals surface area (Å²) in [7, 11) is 0. The maximum atomic E-state index is 14.1. The van der Waals surface area contributed by atoms with Crippen molar-refractivity contribution >= 4 is 17.8 Å². The molecule has 4 amide bonds. The monoisotopic (exact) mass is 561 g/mol. The summed E-state index contributed by atoms with van der Waals surface area (Å²) >= 11 is 0. The molecule has 0 fully saturated rings. The van der Waals surface area contributed by atoms with Crippen molar-refractivity contribution in [3.8, 4) is 0 Å². The molecule has 1 aromatic heterocycles. The van der Waals surface area contributed by atoms with Crippen LogP contribution in [0, 0.1) is 0 Å². The number of hydrogen-bond donors (Lipinski definition) is 2. The lowest BCUT2D eigenvalue weighted by molar-refractivity contribution is -0.138. The van der Waals surface area contributed by atoms with E-state index in [0.29, 0.717) is 5.56 Å². The summed E-state index contributed by atoms with van der Waals surface area (Å²) in [5.74, 6) is -1.14. The van der Waals surface area contributed by atoms with Gasteiger partial charge in [0.25, 0.3) is 5.91 Å². The number of urea groups is 1. The Bertz CT molecular complexity index is 1510. The molecule has 0 spiro atoms. The maximum absolute atomic E-state index is 14.1. The Morgan fingerprint density at radius 1 is 1.10 bits per heavy atom. The zero-order chi connectivity index (χ0) is 29.1. The predicted octanol–water partition coefficient (Wildman–Crippen LogP) is 4.51. The molecule has 3 aromatic rings. The Labute approximate surface area is 234 Å². The van der Waals surface area contributed by atoms with E-state index < -0.39 is 41.7 Å². The average Bonchev–Trinajstić information content (AvgIpc) is 3.30. The standard InChI is InChI=1S/C30H26F3N5O3/c1-2-15-37-23-18-38(26(20-10-4-3-5-11-20)27(39)35-17-19-9-8-14-34-16-19)28(40)24(23)25(36-29(37)41)21-12-6-7-13-22(21)30(31,32)33/h2-14,16,25-26H,1,15,17-18H2,(H,35,39)(H,36,41)/t25-,26-/m1/s1. The number of amides is 4. The molecule has 2 N–H and O–H groups in total. The van der Waals surface area contributed by atoms with Gasteiger partial charge in [0.05, 0.1) is 29.4 Å². The van der Waals surface area contributed by atoms with Gasteiger partial charge in [-0.05, 0) is 28.8 Å². The molecule has 0 radical (unpaired) electrons. The molecule has 5 rings (SSSR count). The fraction of sp³-hybridized carbons (Fsp3) is 0.200. The number of nitrogens with one attached hydrogen (secondary N) is 2. The third-order valence-corrected chi connectivity index (χ3v) is 7.00. The third-order valence-electron chi connectivity index (χ3n) is 7.00. The molecular formula is C30H26F3N5O3. The summed E-state index contributed by atoms with van der Waals surface area (Å²) < 4.78 is 42.0. The van der Waals surface area contributed by atoms with E-state index in [2.05, 4.69) is 22.2 Å². The molecular weight excluding hydrogens is 535 g/mol. The Kier molecular flexibility index (Phi) is 7.60. The zero-order valence-corrected chi connectivity index (χ0v) is 21.8. The van der Waals surface area contributed by atoms with Gasteiger partial charge in [-0.2, -0.15) is 13.2 Å². The zero-order valence-electron chi connectivity index (χ0n) is 21.8. The smallest absolute Gasteiger partial charge is 0.350 e. The van der Waals surface area contributed by atoms with Crippen LogP contribution >= 0.6 is 0 Å². The second-order valence-corrected chi connectivity index (χ2v) is 9.55. The van der Waals surface area contributed by atoms with E-state index in [1.807, 2.05) is 0 Å². The van der Waals surface area contributed by atoms with E-state index in [0.717, 1.165) is 11.6 Å². The Hall–Kier alpha value is -4.93. The minimum atomic E-state index is -4.72. The largest absolute Gasteiger partial charge is 0.416 e. The molecule has 2 aliphatic rings. The molecule has 0 saturated heterocycles. The lowest BCUT2D eigenvalue weighted by Gasteiger charge is -2.33. The fourth-order valence-corrected chi connectivity index (χ4v) is 5.18. The number of alkyl halides is 3. The number of hydrogen-bond acceptors (Lipinski definition) is 4. The molecule has 2 aromatic carbocycles. The van der Waals surface area contributed by atoms with Gasteiger partial charge in [0, 0.05) is 25.5 Å². The number of halogens is 3. The first-order chi connectivity index (χ1) is 19.7. The normalized spacial score (nSPS) is 17.7. The first-order valence-corrected chi connectivity index (χ1v) is 12.8. The molecule has 3 heterocycles. The summed E-state index contributed by atoms with van der Waals surface area (Å²) in [6.07, 6.45) is -0.0575. The van der Waals surface area contributed by atoms with Crippen molar-refractivity contribution in [1.82, 2.24) is 25.4 Å². The minimum absolute atomic E-state index is 0.0165.